The van der Waals surface area contributed by atoms with Gasteiger partial charge in [0.15, 0.2) is 0 Å². The predicted octanol–water partition coefficient (Wildman–Crippen LogP) is 3.65. The summed E-state index contributed by atoms with van der Waals surface area (Å²) in [6, 6.07) is 4.47. The van der Waals surface area contributed by atoms with Gasteiger partial charge in [-0.15, -0.1) is 0 Å². The van der Waals surface area contributed by atoms with Crippen molar-refractivity contribution in [3.8, 4) is 0 Å². The van der Waals surface area contributed by atoms with E-state index >= 15 is 0 Å². The molecule has 0 aromatic heterocycles. The molecule has 1 aromatic carbocycles. The standard InChI is InChI=1S/C15H22Br2N2O4S/c1-4-23-15(20)19-12(7-10(2)3)9-18-24(21,22)14-6-5-11(16)8-13(14)17/h5-6,8,10,12,18H,4,7,9H2,1-3H3,(H,19,20). The molecule has 0 aliphatic heterocycles. The number of ether oxygens (including phenoxy) is 1. The molecule has 0 spiro atoms. The third-order valence-corrected chi connectivity index (χ3v) is 5.95. The summed E-state index contributed by atoms with van der Waals surface area (Å²) in [6.07, 6.45) is 0.0789. The van der Waals surface area contributed by atoms with Crippen LogP contribution in [0.15, 0.2) is 32.0 Å². The lowest BCUT2D eigenvalue weighted by Gasteiger charge is -2.21. The Labute approximate surface area is 160 Å². The molecule has 1 amide bonds. The summed E-state index contributed by atoms with van der Waals surface area (Å²) in [5.74, 6) is 0.292. The summed E-state index contributed by atoms with van der Waals surface area (Å²) >= 11 is 6.54. The van der Waals surface area contributed by atoms with Crippen LogP contribution in [0.25, 0.3) is 0 Å². The number of benzene rings is 1. The summed E-state index contributed by atoms with van der Waals surface area (Å²) < 4.78 is 33.6. The van der Waals surface area contributed by atoms with E-state index in [4.69, 9.17) is 4.74 Å². The fourth-order valence-corrected chi connectivity index (χ4v) is 4.91. The molecule has 0 saturated carbocycles. The van der Waals surface area contributed by atoms with Crippen LogP contribution in [0.2, 0.25) is 0 Å². The van der Waals surface area contributed by atoms with Crippen LogP contribution in [0.1, 0.15) is 27.2 Å². The average Bonchev–Trinajstić information content (AvgIpc) is 2.44. The molecule has 0 bridgehead atoms. The molecule has 0 saturated heterocycles. The second-order valence-electron chi connectivity index (χ2n) is 5.62. The Hall–Kier alpha value is -0.640. The van der Waals surface area contributed by atoms with Crippen molar-refractivity contribution < 1.29 is 17.9 Å². The number of hydrogen-bond acceptors (Lipinski definition) is 4. The number of rotatable bonds is 8. The first-order valence-electron chi connectivity index (χ1n) is 7.53. The minimum absolute atomic E-state index is 0.0852. The molecule has 6 nitrogen and oxygen atoms in total. The van der Waals surface area contributed by atoms with E-state index in [1.54, 1.807) is 19.1 Å². The number of amides is 1. The highest BCUT2D eigenvalue weighted by Gasteiger charge is 2.21. The van der Waals surface area contributed by atoms with Gasteiger partial charge in [-0.25, -0.2) is 17.9 Å². The number of halogens is 2. The van der Waals surface area contributed by atoms with Crippen molar-refractivity contribution >= 4 is 48.0 Å². The van der Waals surface area contributed by atoms with E-state index in [0.717, 1.165) is 4.47 Å². The van der Waals surface area contributed by atoms with Crippen molar-refractivity contribution in [2.75, 3.05) is 13.2 Å². The fraction of sp³-hybridized carbons (Fsp3) is 0.533. The van der Waals surface area contributed by atoms with Gasteiger partial charge < -0.3 is 10.1 Å². The molecule has 0 aliphatic carbocycles. The third kappa shape index (κ3) is 7.08. The SMILES string of the molecule is CCOC(=O)NC(CNS(=O)(=O)c1ccc(Br)cc1Br)CC(C)C. The average molecular weight is 486 g/mol. The van der Waals surface area contributed by atoms with Gasteiger partial charge >= 0.3 is 6.09 Å². The first kappa shape index (κ1) is 21.4. The summed E-state index contributed by atoms with van der Waals surface area (Å²) in [6.45, 7) is 6.06. The maximum Gasteiger partial charge on any atom is 0.407 e. The van der Waals surface area contributed by atoms with Gasteiger partial charge in [-0.2, -0.15) is 0 Å². The Balaban J connectivity index is 2.81. The van der Waals surface area contributed by atoms with Gasteiger partial charge in [0.1, 0.15) is 0 Å². The van der Waals surface area contributed by atoms with Gasteiger partial charge in [-0.1, -0.05) is 29.8 Å². The Morgan fingerprint density at radius 3 is 2.50 bits per heavy atom. The van der Waals surface area contributed by atoms with Crippen LogP contribution in [-0.2, 0) is 14.8 Å². The summed E-state index contributed by atoms with van der Waals surface area (Å²) in [7, 11) is -3.70. The monoisotopic (exact) mass is 484 g/mol. The number of carbonyl (C=O) groups is 1. The second-order valence-corrected chi connectivity index (χ2v) is 9.12. The molecule has 1 atom stereocenters. The predicted molar refractivity (Wildman–Crippen MR) is 100 cm³/mol. The van der Waals surface area contributed by atoms with E-state index in [-0.39, 0.29) is 24.1 Å². The lowest BCUT2D eigenvalue weighted by Crippen LogP contribution is -2.44. The Morgan fingerprint density at radius 1 is 1.29 bits per heavy atom. The van der Waals surface area contributed by atoms with Crippen LogP contribution < -0.4 is 10.0 Å². The first-order chi connectivity index (χ1) is 11.2. The number of nitrogens with one attached hydrogen (secondary N) is 2. The smallest absolute Gasteiger partial charge is 0.407 e. The fourth-order valence-electron chi connectivity index (χ4n) is 2.08. The van der Waals surface area contributed by atoms with E-state index in [2.05, 4.69) is 41.9 Å². The Morgan fingerprint density at radius 2 is 1.96 bits per heavy atom. The number of carbonyl (C=O) groups excluding carboxylic acids is 1. The van der Waals surface area contributed by atoms with Gasteiger partial charge in [0.05, 0.1) is 11.5 Å². The summed E-state index contributed by atoms with van der Waals surface area (Å²) in [5.41, 5.74) is 0. The third-order valence-electron chi connectivity index (χ3n) is 3.06. The van der Waals surface area contributed by atoms with Gasteiger partial charge in [0, 0.05) is 21.5 Å². The molecule has 1 aromatic rings. The largest absolute Gasteiger partial charge is 0.450 e. The van der Waals surface area contributed by atoms with E-state index in [0.29, 0.717) is 16.8 Å². The molecule has 9 heteroatoms. The molecule has 0 aliphatic rings. The maximum absolute atomic E-state index is 12.5. The Bertz CT molecular complexity index is 665. The Kier molecular flexibility index (Phi) is 8.69. The second kappa shape index (κ2) is 9.74. The molecule has 0 heterocycles. The highest BCUT2D eigenvalue weighted by molar-refractivity contribution is 9.11. The topological polar surface area (TPSA) is 84.5 Å². The van der Waals surface area contributed by atoms with Crippen molar-refractivity contribution in [3.63, 3.8) is 0 Å². The van der Waals surface area contributed by atoms with Crippen LogP contribution in [0.4, 0.5) is 4.79 Å². The minimum Gasteiger partial charge on any atom is -0.450 e. The number of hydrogen-bond donors (Lipinski definition) is 2. The molecule has 24 heavy (non-hydrogen) atoms. The highest BCUT2D eigenvalue weighted by Crippen LogP contribution is 2.25. The molecule has 0 fully saturated rings. The zero-order valence-corrected chi connectivity index (χ0v) is 17.8. The highest BCUT2D eigenvalue weighted by atomic mass is 79.9. The minimum atomic E-state index is -3.70. The van der Waals surface area contributed by atoms with E-state index in [9.17, 15) is 13.2 Å². The van der Waals surface area contributed by atoms with E-state index in [1.165, 1.54) is 6.07 Å². The molecule has 1 rings (SSSR count). The lowest BCUT2D eigenvalue weighted by molar-refractivity contribution is 0.146. The molecular weight excluding hydrogens is 464 g/mol. The number of alkyl carbamates (subject to hydrolysis) is 1. The number of sulfonamides is 1. The van der Waals surface area contributed by atoms with Crippen molar-refractivity contribution in [3.05, 3.63) is 27.1 Å². The zero-order valence-electron chi connectivity index (χ0n) is 13.8. The van der Waals surface area contributed by atoms with E-state index < -0.39 is 16.1 Å². The van der Waals surface area contributed by atoms with Crippen LogP contribution in [-0.4, -0.2) is 33.7 Å². The van der Waals surface area contributed by atoms with Gasteiger partial charge in [0.2, 0.25) is 10.0 Å². The van der Waals surface area contributed by atoms with Crippen molar-refractivity contribution in [2.45, 2.75) is 38.1 Å². The molecule has 136 valence electrons. The quantitative estimate of drug-likeness (QED) is 0.588. The van der Waals surface area contributed by atoms with Crippen molar-refractivity contribution in [2.24, 2.45) is 5.92 Å². The summed E-state index contributed by atoms with van der Waals surface area (Å²) in [4.78, 5) is 11.7. The van der Waals surface area contributed by atoms with Gasteiger partial charge in [-0.05, 0) is 53.4 Å². The molecule has 2 N–H and O–H groups in total. The molecular formula is C15H22Br2N2O4S. The normalized spacial score (nSPS) is 12.9. The van der Waals surface area contributed by atoms with Crippen LogP contribution in [0, 0.1) is 5.92 Å². The lowest BCUT2D eigenvalue weighted by atomic mass is 10.0. The molecule has 1 unspecified atom stereocenters. The van der Waals surface area contributed by atoms with Gasteiger partial charge in [0.25, 0.3) is 0 Å². The first-order valence-corrected chi connectivity index (χ1v) is 10.6. The van der Waals surface area contributed by atoms with Crippen LogP contribution in [0.5, 0.6) is 0 Å². The summed E-state index contributed by atoms with van der Waals surface area (Å²) in [5, 5.41) is 2.69. The van der Waals surface area contributed by atoms with E-state index in [1.807, 2.05) is 13.8 Å². The zero-order chi connectivity index (χ0) is 18.3. The maximum atomic E-state index is 12.5. The van der Waals surface area contributed by atoms with Crippen LogP contribution in [0.3, 0.4) is 0 Å². The van der Waals surface area contributed by atoms with Crippen molar-refractivity contribution in [1.29, 1.82) is 0 Å². The van der Waals surface area contributed by atoms with Gasteiger partial charge in [-0.3, -0.25) is 0 Å². The van der Waals surface area contributed by atoms with Crippen LogP contribution >= 0.6 is 31.9 Å². The molecule has 0 radical (unpaired) electrons. The van der Waals surface area contributed by atoms with Crippen molar-refractivity contribution in [1.82, 2.24) is 10.0 Å².